The molecule has 5 rings (SSSR count). The molecule has 0 spiro atoms. The summed E-state index contributed by atoms with van der Waals surface area (Å²) in [5.41, 5.74) is 3.62. The van der Waals surface area contributed by atoms with Gasteiger partial charge in [-0.3, -0.25) is 9.89 Å². The van der Waals surface area contributed by atoms with Crippen molar-refractivity contribution in [3.8, 4) is 11.1 Å². The molecule has 1 saturated heterocycles. The minimum absolute atomic E-state index is 0.0804. The Labute approximate surface area is 156 Å². The summed E-state index contributed by atoms with van der Waals surface area (Å²) < 4.78 is 1.55. The number of aromatic amines is 1. The Morgan fingerprint density at radius 2 is 1.81 bits per heavy atom. The molecule has 6 nitrogen and oxygen atoms in total. The van der Waals surface area contributed by atoms with Crippen molar-refractivity contribution in [2.45, 2.75) is 6.92 Å². The van der Waals surface area contributed by atoms with Crippen molar-refractivity contribution in [3.63, 3.8) is 0 Å². The molecule has 1 aliphatic rings. The van der Waals surface area contributed by atoms with Gasteiger partial charge >= 0.3 is 0 Å². The Morgan fingerprint density at radius 3 is 2.67 bits per heavy atom. The van der Waals surface area contributed by atoms with Gasteiger partial charge in [0.1, 0.15) is 5.82 Å². The van der Waals surface area contributed by atoms with Gasteiger partial charge in [0.25, 0.3) is 5.56 Å². The van der Waals surface area contributed by atoms with E-state index in [1.807, 2.05) is 19.1 Å². The number of H-pyrrole nitrogens is 1. The first kappa shape index (κ1) is 16.1. The molecule has 4 aromatic rings. The van der Waals surface area contributed by atoms with Crippen molar-refractivity contribution in [2.75, 3.05) is 31.1 Å². The molecule has 0 amide bonds. The van der Waals surface area contributed by atoms with Crippen LogP contribution in [-0.2, 0) is 0 Å². The summed E-state index contributed by atoms with van der Waals surface area (Å²) in [5, 5.41) is 8.87. The van der Waals surface area contributed by atoms with Crippen LogP contribution in [0.15, 0.2) is 53.3 Å². The molecule has 1 aliphatic heterocycles. The molecule has 0 saturated carbocycles. The number of hydrogen-bond donors (Lipinski definition) is 2. The van der Waals surface area contributed by atoms with Crippen LogP contribution in [0.2, 0.25) is 0 Å². The van der Waals surface area contributed by atoms with Gasteiger partial charge in [0.2, 0.25) is 0 Å². The molecule has 0 aliphatic carbocycles. The predicted octanol–water partition coefficient (Wildman–Crippen LogP) is 2.56. The van der Waals surface area contributed by atoms with Crippen LogP contribution in [0.1, 0.15) is 5.69 Å². The molecule has 2 aromatic heterocycles. The summed E-state index contributed by atoms with van der Waals surface area (Å²) in [7, 11) is 0. The van der Waals surface area contributed by atoms with E-state index in [4.69, 9.17) is 4.98 Å². The molecule has 0 atom stereocenters. The number of aromatic nitrogens is 3. The Bertz CT molecular complexity index is 1200. The van der Waals surface area contributed by atoms with E-state index in [1.165, 1.54) is 5.39 Å². The number of aryl methyl sites for hydroxylation is 1. The van der Waals surface area contributed by atoms with Gasteiger partial charge in [-0.05, 0) is 23.3 Å². The van der Waals surface area contributed by atoms with Gasteiger partial charge in [-0.1, -0.05) is 42.5 Å². The summed E-state index contributed by atoms with van der Waals surface area (Å²) in [5.74, 6) is 0.752. The molecule has 0 unspecified atom stereocenters. The average Bonchev–Trinajstić information content (AvgIpc) is 3.04. The zero-order valence-corrected chi connectivity index (χ0v) is 15.2. The zero-order valence-electron chi connectivity index (χ0n) is 15.2. The molecular weight excluding hydrogens is 338 g/mol. The lowest BCUT2D eigenvalue weighted by Crippen LogP contribution is -2.44. The van der Waals surface area contributed by atoms with E-state index < -0.39 is 0 Å². The first-order chi connectivity index (χ1) is 13.2. The normalized spacial score (nSPS) is 14.9. The van der Waals surface area contributed by atoms with Gasteiger partial charge in [-0.25, -0.2) is 9.50 Å². The summed E-state index contributed by atoms with van der Waals surface area (Å²) in [6.07, 6.45) is 0. The van der Waals surface area contributed by atoms with Gasteiger partial charge in [0.15, 0.2) is 5.65 Å². The standard InChI is InChI=1S/C21H21N5O/c1-14-20(17-8-4-6-15-5-2-3-7-16(15)17)21-23-18(13-19(27)26(21)24-14)25-11-9-22-10-12-25/h2-8,13,22,24H,9-12H2,1H3. The molecule has 6 heteroatoms. The van der Waals surface area contributed by atoms with Gasteiger partial charge in [0, 0.05) is 43.5 Å². The Hall–Kier alpha value is -3.12. The highest BCUT2D eigenvalue weighted by Crippen LogP contribution is 2.33. The van der Waals surface area contributed by atoms with E-state index in [9.17, 15) is 4.79 Å². The second-order valence-corrected chi connectivity index (χ2v) is 6.99. The third kappa shape index (κ3) is 2.61. The van der Waals surface area contributed by atoms with E-state index in [0.717, 1.165) is 54.2 Å². The van der Waals surface area contributed by atoms with Gasteiger partial charge in [-0.15, -0.1) is 0 Å². The fourth-order valence-electron chi connectivity index (χ4n) is 3.96. The van der Waals surface area contributed by atoms with Crippen molar-refractivity contribution in [1.82, 2.24) is 19.9 Å². The summed E-state index contributed by atoms with van der Waals surface area (Å²) in [6.45, 7) is 5.52. The molecule has 136 valence electrons. The van der Waals surface area contributed by atoms with Crippen LogP contribution < -0.4 is 15.8 Å². The molecule has 27 heavy (non-hydrogen) atoms. The van der Waals surface area contributed by atoms with Crippen LogP contribution in [0, 0.1) is 6.92 Å². The molecule has 2 aromatic carbocycles. The number of benzene rings is 2. The molecule has 2 N–H and O–H groups in total. The number of nitrogens with one attached hydrogen (secondary N) is 2. The van der Waals surface area contributed by atoms with Crippen LogP contribution in [0.5, 0.6) is 0 Å². The maximum atomic E-state index is 12.8. The van der Waals surface area contributed by atoms with Crippen molar-refractivity contribution in [3.05, 3.63) is 64.6 Å². The van der Waals surface area contributed by atoms with E-state index in [0.29, 0.717) is 5.65 Å². The Kier molecular flexibility index (Phi) is 3.72. The fraction of sp³-hybridized carbons (Fsp3) is 0.238. The maximum absolute atomic E-state index is 12.8. The number of rotatable bonds is 2. The largest absolute Gasteiger partial charge is 0.354 e. The average molecular weight is 359 g/mol. The van der Waals surface area contributed by atoms with E-state index in [-0.39, 0.29) is 5.56 Å². The summed E-state index contributed by atoms with van der Waals surface area (Å²) in [4.78, 5) is 19.8. The fourth-order valence-corrected chi connectivity index (χ4v) is 3.96. The summed E-state index contributed by atoms with van der Waals surface area (Å²) >= 11 is 0. The molecule has 0 bridgehead atoms. The van der Waals surface area contributed by atoms with Crippen LogP contribution >= 0.6 is 0 Å². The van der Waals surface area contributed by atoms with E-state index >= 15 is 0 Å². The SMILES string of the molecule is Cc1[nH]n2c(=O)cc(N3CCNCC3)nc2c1-c1cccc2ccccc12. The van der Waals surface area contributed by atoms with Crippen LogP contribution in [-0.4, -0.2) is 40.8 Å². The number of nitrogens with zero attached hydrogens (tertiary/aromatic N) is 3. The quantitative estimate of drug-likeness (QED) is 0.577. The summed E-state index contributed by atoms with van der Waals surface area (Å²) in [6, 6.07) is 16.2. The minimum Gasteiger partial charge on any atom is -0.354 e. The topological polar surface area (TPSA) is 65.4 Å². The molecule has 0 radical (unpaired) electrons. The van der Waals surface area contributed by atoms with Crippen molar-refractivity contribution in [1.29, 1.82) is 0 Å². The monoisotopic (exact) mass is 359 g/mol. The lowest BCUT2D eigenvalue weighted by Gasteiger charge is -2.28. The molecule has 1 fully saturated rings. The second kappa shape index (κ2) is 6.25. The van der Waals surface area contributed by atoms with Crippen LogP contribution in [0.3, 0.4) is 0 Å². The van der Waals surface area contributed by atoms with Gasteiger partial charge in [0.05, 0.1) is 0 Å². The lowest BCUT2D eigenvalue weighted by atomic mass is 9.98. The van der Waals surface area contributed by atoms with Gasteiger partial charge < -0.3 is 10.2 Å². The third-order valence-electron chi connectivity index (χ3n) is 5.28. The third-order valence-corrected chi connectivity index (χ3v) is 5.28. The highest BCUT2D eigenvalue weighted by atomic mass is 16.1. The minimum atomic E-state index is -0.0804. The van der Waals surface area contributed by atoms with E-state index in [1.54, 1.807) is 10.6 Å². The zero-order chi connectivity index (χ0) is 18.4. The smallest absolute Gasteiger partial charge is 0.274 e. The number of anilines is 1. The maximum Gasteiger partial charge on any atom is 0.274 e. The first-order valence-electron chi connectivity index (χ1n) is 9.28. The molecular formula is C21H21N5O. The number of fused-ring (bicyclic) bond motifs is 2. The number of piperazine rings is 1. The van der Waals surface area contributed by atoms with E-state index in [2.05, 4.69) is 45.6 Å². The van der Waals surface area contributed by atoms with Crippen LogP contribution in [0.25, 0.3) is 27.5 Å². The van der Waals surface area contributed by atoms with Gasteiger partial charge in [-0.2, -0.15) is 0 Å². The highest BCUT2D eigenvalue weighted by molar-refractivity contribution is 6.00. The second-order valence-electron chi connectivity index (χ2n) is 6.99. The first-order valence-corrected chi connectivity index (χ1v) is 9.28. The highest BCUT2D eigenvalue weighted by Gasteiger charge is 2.19. The van der Waals surface area contributed by atoms with Crippen LogP contribution in [0.4, 0.5) is 5.82 Å². The van der Waals surface area contributed by atoms with Crippen molar-refractivity contribution in [2.24, 2.45) is 0 Å². The predicted molar refractivity (Wildman–Crippen MR) is 109 cm³/mol. The lowest BCUT2D eigenvalue weighted by molar-refractivity contribution is 0.584. The number of hydrogen-bond acceptors (Lipinski definition) is 4. The Balaban J connectivity index is 1.78. The molecule has 3 heterocycles. The van der Waals surface area contributed by atoms with Crippen molar-refractivity contribution >= 4 is 22.2 Å². The van der Waals surface area contributed by atoms with Crippen molar-refractivity contribution < 1.29 is 0 Å². The Morgan fingerprint density at radius 1 is 1.04 bits per heavy atom.